The molecule has 168 valence electrons. The quantitative estimate of drug-likeness (QED) is 0.492. The van der Waals surface area contributed by atoms with Crippen LogP contribution in [0.3, 0.4) is 0 Å². The average Bonchev–Trinajstić information content (AvgIpc) is 2.74. The van der Waals surface area contributed by atoms with Crippen molar-refractivity contribution in [2.75, 3.05) is 17.7 Å². The van der Waals surface area contributed by atoms with Crippen molar-refractivity contribution in [1.29, 1.82) is 0 Å². The second-order valence-electron chi connectivity index (χ2n) is 7.02. The van der Waals surface area contributed by atoms with E-state index in [4.69, 9.17) is 9.47 Å². The number of halogens is 3. The summed E-state index contributed by atoms with van der Waals surface area (Å²) in [5.74, 6) is 1.33. The Morgan fingerprint density at radius 2 is 1.72 bits per heavy atom. The molecule has 0 fully saturated rings. The van der Waals surface area contributed by atoms with E-state index in [1.54, 1.807) is 37.6 Å². The average molecular weight is 445 g/mol. The molecule has 0 aliphatic heterocycles. The van der Waals surface area contributed by atoms with Crippen LogP contribution in [0.1, 0.15) is 22.4 Å². The summed E-state index contributed by atoms with van der Waals surface area (Å²) in [6, 6.07) is 10.3. The first-order valence-corrected chi connectivity index (χ1v) is 9.64. The van der Waals surface area contributed by atoms with Crippen LogP contribution >= 0.6 is 0 Å². The number of anilines is 2. The van der Waals surface area contributed by atoms with Gasteiger partial charge in [0.25, 0.3) is 0 Å². The molecule has 6 nitrogen and oxygen atoms in total. The molecule has 0 radical (unpaired) electrons. The van der Waals surface area contributed by atoms with Crippen LogP contribution in [-0.4, -0.2) is 18.1 Å². The SMILES string of the molecule is COc1c(C)cnc(COc2ccc(NC(=O)Nc3cccc(C(F)(F)F)c3)cc2)c1C. The van der Waals surface area contributed by atoms with Gasteiger partial charge in [0.2, 0.25) is 0 Å². The van der Waals surface area contributed by atoms with Crippen LogP contribution < -0.4 is 20.1 Å². The number of hydrogen-bond donors (Lipinski definition) is 2. The molecular formula is C23H22F3N3O3. The standard InChI is InChI=1S/C23H22F3N3O3/c1-14-12-27-20(15(2)21(14)31-3)13-32-19-9-7-17(8-10-19)28-22(30)29-18-6-4-5-16(11-18)23(24,25)26/h4-12H,13H2,1-3H3,(H2,28,29,30). The molecule has 0 aliphatic rings. The molecule has 1 aromatic heterocycles. The van der Waals surface area contributed by atoms with Crippen LogP contribution in [0.2, 0.25) is 0 Å². The second-order valence-corrected chi connectivity index (χ2v) is 7.02. The Morgan fingerprint density at radius 3 is 2.38 bits per heavy atom. The van der Waals surface area contributed by atoms with Gasteiger partial charge in [0.15, 0.2) is 0 Å². The minimum Gasteiger partial charge on any atom is -0.496 e. The van der Waals surface area contributed by atoms with Crippen LogP contribution in [0.15, 0.2) is 54.7 Å². The van der Waals surface area contributed by atoms with Crippen molar-refractivity contribution >= 4 is 17.4 Å². The highest BCUT2D eigenvalue weighted by Gasteiger charge is 2.30. The highest BCUT2D eigenvalue weighted by atomic mass is 19.4. The third-order valence-corrected chi connectivity index (χ3v) is 4.69. The van der Waals surface area contributed by atoms with Crippen LogP contribution in [0.25, 0.3) is 0 Å². The smallest absolute Gasteiger partial charge is 0.416 e. The van der Waals surface area contributed by atoms with Gasteiger partial charge in [-0.1, -0.05) is 6.07 Å². The van der Waals surface area contributed by atoms with Crippen molar-refractivity contribution in [3.63, 3.8) is 0 Å². The number of amides is 2. The van der Waals surface area contributed by atoms with E-state index in [0.29, 0.717) is 11.4 Å². The number of carbonyl (C=O) groups is 1. The van der Waals surface area contributed by atoms with Crippen LogP contribution in [0.4, 0.5) is 29.3 Å². The van der Waals surface area contributed by atoms with Crippen LogP contribution in [0, 0.1) is 13.8 Å². The molecule has 0 unspecified atom stereocenters. The highest BCUT2D eigenvalue weighted by Crippen LogP contribution is 2.30. The number of aryl methyl sites for hydroxylation is 1. The number of ether oxygens (including phenoxy) is 2. The topological polar surface area (TPSA) is 72.5 Å². The molecule has 0 saturated heterocycles. The van der Waals surface area contributed by atoms with E-state index in [1.807, 2.05) is 13.8 Å². The molecular weight excluding hydrogens is 423 g/mol. The second kappa shape index (κ2) is 9.59. The first kappa shape index (κ1) is 22.9. The minimum atomic E-state index is -4.48. The first-order valence-electron chi connectivity index (χ1n) is 9.64. The Kier molecular flexibility index (Phi) is 6.87. The van der Waals surface area contributed by atoms with E-state index < -0.39 is 17.8 Å². The van der Waals surface area contributed by atoms with Gasteiger partial charge in [0.1, 0.15) is 18.1 Å². The molecule has 0 aliphatic carbocycles. The summed E-state index contributed by atoms with van der Waals surface area (Å²) < 4.78 is 49.5. The number of carbonyl (C=O) groups excluding carboxylic acids is 1. The molecule has 2 N–H and O–H groups in total. The molecule has 9 heteroatoms. The van der Waals surface area contributed by atoms with Crippen LogP contribution in [0.5, 0.6) is 11.5 Å². The number of methoxy groups -OCH3 is 1. The Balaban J connectivity index is 1.58. The summed E-state index contributed by atoms with van der Waals surface area (Å²) in [6.07, 6.45) is -2.76. The van der Waals surface area contributed by atoms with Gasteiger partial charge >= 0.3 is 12.2 Å². The van der Waals surface area contributed by atoms with E-state index in [0.717, 1.165) is 34.7 Å². The zero-order valence-corrected chi connectivity index (χ0v) is 17.7. The van der Waals surface area contributed by atoms with Crippen molar-refractivity contribution in [3.8, 4) is 11.5 Å². The van der Waals surface area contributed by atoms with Crippen molar-refractivity contribution in [3.05, 3.63) is 77.1 Å². The van der Waals surface area contributed by atoms with Gasteiger partial charge in [-0.25, -0.2) is 4.79 Å². The molecule has 0 bridgehead atoms. The summed E-state index contributed by atoms with van der Waals surface area (Å²) in [7, 11) is 1.61. The van der Waals surface area contributed by atoms with Crippen molar-refractivity contribution < 1.29 is 27.4 Å². The van der Waals surface area contributed by atoms with Gasteiger partial charge in [0, 0.05) is 28.7 Å². The fraction of sp³-hybridized carbons (Fsp3) is 0.217. The lowest BCUT2D eigenvalue weighted by Gasteiger charge is -2.13. The number of nitrogens with one attached hydrogen (secondary N) is 2. The predicted octanol–water partition coefficient (Wildman–Crippen LogP) is 5.95. The fourth-order valence-corrected chi connectivity index (χ4v) is 3.07. The summed E-state index contributed by atoms with van der Waals surface area (Å²) in [5.41, 5.74) is 2.23. The molecule has 3 rings (SSSR count). The van der Waals surface area contributed by atoms with Gasteiger partial charge in [0.05, 0.1) is 18.4 Å². The Labute approximate surface area is 183 Å². The van der Waals surface area contributed by atoms with E-state index in [1.165, 1.54) is 12.1 Å². The maximum absolute atomic E-state index is 12.8. The number of nitrogens with zero attached hydrogens (tertiary/aromatic N) is 1. The Hall–Kier alpha value is -3.75. The zero-order valence-electron chi connectivity index (χ0n) is 17.7. The fourth-order valence-electron chi connectivity index (χ4n) is 3.07. The summed E-state index contributed by atoms with van der Waals surface area (Å²) in [5, 5.41) is 4.95. The first-order chi connectivity index (χ1) is 15.2. The Bertz CT molecular complexity index is 1100. The third-order valence-electron chi connectivity index (χ3n) is 4.69. The largest absolute Gasteiger partial charge is 0.496 e. The number of rotatable bonds is 6. The van der Waals surface area contributed by atoms with Gasteiger partial charge in [-0.2, -0.15) is 13.2 Å². The molecule has 2 amide bonds. The number of aromatic nitrogens is 1. The molecule has 0 spiro atoms. The molecule has 3 aromatic rings. The maximum Gasteiger partial charge on any atom is 0.416 e. The third kappa shape index (κ3) is 5.69. The summed E-state index contributed by atoms with van der Waals surface area (Å²) >= 11 is 0. The van der Waals surface area contributed by atoms with E-state index in [2.05, 4.69) is 15.6 Å². The maximum atomic E-state index is 12.8. The van der Waals surface area contributed by atoms with E-state index in [-0.39, 0.29) is 12.3 Å². The monoisotopic (exact) mass is 445 g/mol. The summed E-state index contributed by atoms with van der Waals surface area (Å²) in [6.45, 7) is 4.07. The lowest BCUT2D eigenvalue weighted by Crippen LogP contribution is -2.19. The summed E-state index contributed by atoms with van der Waals surface area (Å²) in [4.78, 5) is 16.5. The van der Waals surface area contributed by atoms with Gasteiger partial charge in [-0.05, 0) is 56.3 Å². The molecule has 1 heterocycles. The number of alkyl halides is 3. The zero-order chi connectivity index (χ0) is 23.3. The molecule has 32 heavy (non-hydrogen) atoms. The highest BCUT2D eigenvalue weighted by molar-refractivity contribution is 5.99. The Morgan fingerprint density at radius 1 is 1.03 bits per heavy atom. The van der Waals surface area contributed by atoms with Crippen LogP contribution in [-0.2, 0) is 12.8 Å². The minimum absolute atomic E-state index is 0.0358. The van der Waals surface area contributed by atoms with E-state index >= 15 is 0 Å². The number of pyridine rings is 1. The molecule has 2 aromatic carbocycles. The predicted molar refractivity (Wildman–Crippen MR) is 115 cm³/mol. The van der Waals surface area contributed by atoms with Crippen molar-refractivity contribution in [1.82, 2.24) is 4.98 Å². The molecule has 0 atom stereocenters. The van der Waals surface area contributed by atoms with Gasteiger partial charge in [-0.15, -0.1) is 0 Å². The van der Waals surface area contributed by atoms with Crippen molar-refractivity contribution in [2.24, 2.45) is 0 Å². The lowest BCUT2D eigenvalue weighted by atomic mass is 10.1. The number of urea groups is 1. The number of benzene rings is 2. The number of hydrogen-bond acceptors (Lipinski definition) is 4. The van der Waals surface area contributed by atoms with Gasteiger partial charge in [-0.3, -0.25) is 4.98 Å². The normalized spacial score (nSPS) is 11.1. The lowest BCUT2D eigenvalue weighted by molar-refractivity contribution is -0.137. The van der Waals surface area contributed by atoms with E-state index in [9.17, 15) is 18.0 Å². The van der Waals surface area contributed by atoms with Crippen molar-refractivity contribution in [2.45, 2.75) is 26.6 Å². The molecule has 0 saturated carbocycles. The van der Waals surface area contributed by atoms with Gasteiger partial charge < -0.3 is 20.1 Å².